The molecule has 188 valence electrons. The van der Waals surface area contributed by atoms with Crippen LogP contribution in [0.1, 0.15) is 87.5 Å². The molecule has 0 spiro atoms. The van der Waals surface area contributed by atoms with E-state index in [0.717, 1.165) is 0 Å². The Labute approximate surface area is 220 Å². The lowest BCUT2D eigenvalue weighted by Crippen LogP contribution is -2.29. The molecule has 0 N–H and O–H groups in total. The number of rotatable bonds is 2. The van der Waals surface area contributed by atoms with E-state index in [9.17, 15) is 0 Å². The highest BCUT2D eigenvalue weighted by Gasteiger charge is 2.30. The third-order valence-corrected chi connectivity index (χ3v) is 9.79. The van der Waals surface area contributed by atoms with E-state index in [-0.39, 0.29) is 0 Å². The van der Waals surface area contributed by atoms with Crippen molar-refractivity contribution < 1.29 is 4.57 Å². The molecule has 3 aromatic heterocycles. The monoisotopic (exact) mass is 487 g/mol. The maximum Gasteiger partial charge on any atom is 0.224 e. The van der Waals surface area contributed by atoms with Gasteiger partial charge in [0.2, 0.25) is 5.52 Å². The summed E-state index contributed by atoms with van der Waals surface area (Å²) in [5.74, 6) is 1.15. The average molecular weight is 488 g/mol. The van der Waals surface area contributed by atoms with Crippen molar-refractivity contribution in [1.29, 1.82) is 0 Å². The lowest BCUT2D eigenvalue weighted by atomic mass is 9.71. The number of aryl methyl sites for hydroxylation is 3. The van der Waals surface area contributed by atoms with Crippen molar-refractivity contribution in [2.75, 3.05) is 0 Å². The fourth-order valence-corrected chi connectivity index (χ4v) is 7.27. The van der Waals surface area contributed by atoms with E-state index in [0.29, 0.717) is 17.3 Å². The highest BCUT2D eigenvalue weighted by atomic mass is 15.0. The summed E-state index contributed by atoms with van der Waals surface area (Å²) >= 11 is 0. The van der Waals surface area contributed by atoms with Gasteiger partial charge in [-0.1, -0.05) is 45.9 Å². The molecule has 0 saturated heterocycles. The van der Waals surface area contributed by atoms with Crippen molar-refractivity contribution in [3.8, 4) is 0 Å². The van der Waals surface area contributed by atoms with E-state index >= 15 is 0 Å². The van der Waals surface area contributed by atoms with Crippen LogP contribution in [-0.2, 0) is 7.05 Å². The maximum atomic E-state index is 2.63. The van der Waals surface area contributed by atoms with Crippen LogP contribution in [0.5, 0.6) is 0 Å². The van der Waals surface area contributed by atoms with Gasteiger partial charge in [0.05, 0.1) is 27.3 Å². The Bertz CT molecular complexity index is 1850. The summed E-state index contributed by atoms with van der Waals surface area (Å²) in [5, 5.41) is 6.95. The fraction of sp³-hybridized carbons (Fsp3) is 0.400. The molecule has 2 nitrogen and oxygen atoms in total. The summed E-state index contributed by atoms with van der Waals surface area (Å²) in [6.07, 6.45) is 7.49. The van der Waals surface area contributed by atoms with Gasteiger partial charge < -0.3 is 4.40 Å². The van der Waals surface area contributed by atoms with Gasteiger partial charge in [0, 0.05) is 16.8 Å². The van der Waals surface area contributed by atoms with Crippen LogP contribution >= 0.6 is 0 Å². The number of pyridine rings is 2. The standard InChI is InChI=1S/C35H39N2/c1-20(2)24-8-9-27-28-16-21(3)22(4)31-33(28)37(29(27)18-24)30-19-26(23-10-13-35(5,6)14-11-23)17-25-12-15-36(7)34(31)32(25)30/h8-9,12,15-20,23H,10-11,13-14H2,1-7H3/q+1. The van der Waals surface area contributed by atoms with Crippen LogP contribution in [0, 0.1) is 19.3 Å². The largest absolute Gasteiger partial charge is 0.307 e. The molecular weight excluding hydrogens is 448 g/mol. The summed E-state index contributed by atoms with van der Waals surface area (Å²) in [4.78, 5) is 0. The molecule has 6 aromatic rings. The molecule has 3 aromatic carbocycles. The molecule has 0 bridgehead atoms. The van der Waals surface area contributed by atoms with Crippen molar-refractivity contribution in [3.63, 3.8) is 0 Å². The lowest BCUT2D eigenvalue weighted by molar-refractivity contribution is -0.643. The Balaban J connectivity index is 1.69. The second-order valence-electron chi connectivity index (χ2n) is 13.1. The first-order chi connectivity index (χ1) is 17.6. The van der Waals surface area contributed by atoms with Crippen molar-refractivity contribution in [2.45, 2.75) is 79.1 Å². The van der Waals surface area contributed by atoms with E-state index in [2.05, 4.69) is 106 Å². The molecule has 0 atom stereocenters. The highest BCUT2D eigenvalue weighted by molar-refractivity contribution is 6.26. The molecule has 3 heterocycles. The van der Waals surface area contributed by atoms with Gasteiger partial charge in [-0.2, -0.15) is 0 Å². The quantitative estimate of drug-likeness (QED) is 0.131. The molecule has 37 heavy (non-hydrogen) atoms. The Hall–Kier alpha value is -3.13. The van der Waals surface area contributed by atoms with Crippen LogP contribution in [0.2, 0.25) is 0 Å². The molecular formula is C35H39N2+. The zero-order valence-electron chi connectivity index (χ0n) is 23.5. The van der Waals surface area contributed by atoms with Crippen molar-refractivity contribution in [3.05, 3.63) is 70.9 Å². The second-order valence-corrected chi connectivity index (χ2v) is 13.1. The molecule has 7 rings (SSSR count). The smallest absolute Gasteiger partial charge is 0.224 e. The van der Waals surface area contributed by atoms with Gasteiger partial charge in [0.25, 0.3) is 0 Å². The van der Waals surface area contributed by atoms with Crippen molar-refractivity contribution >= 4 is 49.0 Å². The zero-order valence-corrected chi connectivity index (χ0v) is 23.5. The molecule has 2 heteroatoms. The summed E-state index contributed by atoms with van der Waals surface area (Å²) in [6.45, 7) is 14.1. The minimum absolute atomic E-state index is 0.479. The SMILES string of the molecule is Cc1cc2c3ccc(C(C)C)cc3n3c4cc(C5CCC(C)(C)CC5)cc5cc[n+](C)c(c(c1C)c23)c54. The van der Waals surface area contributed by atoms with Crippen LogP contribution in [0.4, 0.5) is 0 Å². The number of fused-ring (bicyclic) bond motifs is 5. The van der Waals surface area contributed by atoms with Gasteiger partial charge in [-0.3, -0.25) is 0 Å². The molecule has 1 aliphatic carbocycles. The van der Waals surface area contributed by atoms with Gasteiger partial charge in [0.15, 0.2) is 6.20 Å². The van der Waals surface area contributed by atoms with E-state index in [1.807, 2.05) is 0 Å². The van der Waals surface area contributed by atoms with Crippen LogP contribution < -0.4 is 4.57 Å². The number of benzene rings is 3. The number of hydrogen-bond acceptors (Lipinski definition) is 0. The van der Waals surface area contributed by atoms with E-state index in [1.165, 1.54) is 96.9 Å². The van der Waals surface area contributed by atoms with Crippen LogP contribution in [-0.4, -0.2) is 4.40 Å². The average Bonchev–Trinajstić information content (AvgIpc) is 3.18. The Morgan fingerprint density at radius 1 is 0.892 bits per heavy atom. The Morgan fingerprint density at radius 2 is 1.65 bits per heavy atom. The van der Waals surface area contributed by atoms with Gasteiger partial charge in [0.1, 0.15) is 7.05 Å². The summed E-state index contributed by atoms with van der Waals surface area (Å²) in [5.41, 5.74) is 11.7. The Kier molecular flexibility index (Phi) is 4.79. The first-order valence-electron chi connectivity index (χ1n) is 14.2. The third kappa shape index (κ3) is 3.20. The molecule has 1 aliphatic rings. The number of hydrogen-bond donors (Lipinski definition) is 0. The minimum atomic E-state index is 0.479. The molecule has 0 radical (unpaired) electrons. The highest BCUT2D eigenvalue weighted by Crippen LogP contribution is 2.46. The van der Waals surface area contributed by atoms with Crippen LogP contribution in [0.15, 0.2) is 48.7 Å². The van der Waals surface area contributed by atoms with Gasteiger partial charge in [-0.05, 0) is 103 Å². The normalized spacial score (nSPS) is 17.0. The fourth-order valence-electron chi connectivity index (χ4n) is 7.27. The predicted octanol–water partition coefficient (Wildman–Crippen LogP) is 9.24. The van der Waals surface area contributed by atoms with E-state index in [4.69, 9.17) is 0 Å². The predicted molar refractivity (Wildman–Crippen MR) is 158 cm³/mol. The topological polar surface area (TPSA) is 8.29 Å². The second kappa shape index (κ2) is 7.69. The zero-order chi connectivity index (χ0) is 25.8. The molecule has 0 aliphatic heterocycles. The van der Waals surface area contributed by atoms with Crippen LogP contribution in [0.25, 0.3) is 49.0 Å². The Morgan fingerprint density at radius 3 is 2.38 bits per heavy atom. The van der Waals surface area contributed by atoms with Crippen molar-refractivity contribution in [2.24, 2.45) is 12.5 Å². The molecule has 0 unspecified atom stereocenters. The summed E-state index contributed by atoms with van der Waals surface area (Å²) in [6, 6.07) is 17.0. The number of nitrogens with zero attached hydrogens (tertiary/aromatic N) is 2. The van der Waals surface area contributed by atoms with E-state index < -0.39 is 0 Å². The third-order valence-electron chi connectivity index (χ3n) is 9.79. The summed E-state index contributed by atoms with van der Waals surface area (Å²) < 4.78 is 4.99. The van der Waals surface area contributed by atoms with Gasteiger partial charge in [-0.25, -0.2) is 4.57 Å². The first-order valence-corrected chi connectivity index (χ1v) is 14.2. The first kappa shape index (κ1) is 23.0. The maximum absolute atomic E-state index is 2.63. The molecule has 0 amide bonds. The summed E-state index contributed by atoms with van der Waals surface area (Å²) in [7, 11) is 2.22. The van der Waals surface area contributed by atoms with Crippen molar-refractivity contribution in [1.82, 2.24) is 4.40 Å². The molecule has 1 saturated carbocycles. The number of aromatic nitrogens is 2. The minimum Gasteiger partial charge on any atom is -0.307 e. The van der Waals surface area contributed by atoms with E-state index in [1.54, 1.807) is 0 Å². The lowest BCUT2D eigenvalue weighted by Gasteiger charge is -2.34. The van der Waals surface area contributed by atoms with Gasteiger partial charge >= 0.3 is 0 Å². The molecule has 1 fully saturated rings. The van der Waals surface area contributed by atoms with Gasteiger partial charge in [-0.15, -0.1) is 0 Å². The van der Waals surface area contributed by atoms with Crippen LogP contribution in [0.3, 0.4) is 0 Å².